The minimum Gasteiger partial charge on any atom is -0.384 e. The summed E-state index contributed by atoms with van der Waals surface area (Å²) in [5.41, 5.74) is 6.23. The van der Waals surface area contributed by atoms with Crippen LogP contribution < -0.4 is 15.9 Å². The third-order valence-corrected chi connectivity index (χ3v) is 7.38. The summed E-state index contributed by atoms with van der Waals surface area (Å²) in [4.78, 5) is 0. The molecule has 0 radical (unpaired) electrons. The van der Waals surface area contributed by atoms with Gasteiger partial charge in [0.15, 0.2) is 0 Å². The Balaban J connectivity index is 1.78. The zero-order chi connectivity index (χ0) is 14.9. The Morgan fingerprint density at radius 1 is 0.818 bits per heavy atom. The summed E-state index contributed by atoms with van der Waals surface area (Å²) < 4.78 is 0. The first-order valence-corrected chi connectivity index (χ1v) is 10.3. The lowest BCUT2D eigenvalue weighted by atomic mass is 9.92. The average molecular weight is 309 g/mol. The number of nitrogens with one attached hydrogen (secondary N) is 1. The third-order valence-electron chi connectivity index (χ3n) is 5.15. The SMILES string of the molecule is CP(c1cccc2c1CCCC2)c1cccc2c1NCCC2. The lowest BCUT2D eigenvalue weighted by Gasteiger charge is -2.27. The van der Waals surface area contributed by atoms with E-state index >= 15 is 0 Å². The van der Waals surface area contributed by atoms with Crippen LogP contribution in [0, 0.1) is 0 Å². The van der Waals surface area contributed by atoms with E-state index in [1.54, 1.807) is 21.7 Å². The molecule has 114 valence electrons. The van der Waals surface area contributed by atoms with Gasteiger partial charge in [-0.2, -0.15) is 0 Å². The largest absolute Gasteiger partial charge is 0.384 e. The number of benzene rings is 2. The van der Waals surface area contributed by atoms with Crippen molar-refractivity contribution in [3.8, 4) is 0 Å². The van der Waals surface area contributed by atoms with Gasteiger partial charge in [0.2, 0.25) is 0 Å². The van der Waals surface area contributed by atoms with E-state index in [4.69, 9.17) is 0 Å². The number of hydrogen-bond acceptors (Lipinski definition) is 1. The molecule has 4 rings (SSSR count). The Labute approximate surface area is 134 Å². The number of fused-ring (bicyclic) bond motifs is 2. The predicted octanol–water partition coefficient (Wildman–Crippen LogP) is 3.99. The molecule has 1 unspecified atom stereocenters. The fourth-order valence-corrected chi connectivity index (χ4v) is 6.07. The molecule has 1 heterocycles. The summed E-state index contributed by atoms with van der Waals surface area (Å²) in [6.45, 7) is 3.57. The van der Waals surface area contributed by atoms with Gasteiger partial charge in [-0.15, -0.1) is 0 Å². The summed E-state index contributed by atoms with van der Waals surface area (Å²) >= 11 is 0. The van der Waals surface area contributed by atoms with Gasteiger partial charge in [0.25, 0.3) is 0 Å². The van der Waals surface area contributed by atoms with Gasteiger partial charge in [0.1, 0.15) is 0 Å². The molecule has 0 bridgehead atoms. The molecule has 2 heteroatoms. The van der Waals surface area contributed by atoms with Crippen LogP contribution >= 0.6 is 7.92 Å². The van der Waals surface area contributed by atoms with E-state index in [9.17, 15) is 0 Å². The molecule has 0 amide bonds. The Hall–Kier alpha value is -1.33. The Morgan fingerprint density at radius 2 is 1.55 bits per heavy atom. The molecule has 1 N–H and O–H groups in total. The van der Waals surface area contributed by atoms with Crippen molar-refractivity contribution >= 4 is 24.2 Å². The first-order chi connectivity index (χ1) is 10.8. The van der Waals surface area contributed by atoms with Crippen molar-refractivity contribution in [1.29, 1.82) is 0 Å². The maximum atomic E-state index is 3.68. The number of hydrogen-bond donors (Lipinski definition) is 1. The highest BCUT2D eigenvalue weighted by molar-refractivity contribution is 7.72. The Morgan fingerprint density at radius 3 is 2.45 bits per heavy atom. The lowest BCUT2D eigenvalue weighted by Crippen LogP contribution is -2.24. The minimum absolute atomic E-state index is 0.263. The fourth-order valence-electron chi connectivity index (χ4n) is 3.98. The first-order valence-electron chi connectivity index (χ1n) is 8.55. The van der Waals surface area contributed by atoms with Crippen LogP contribution in [0.25, 0.3) is 0 Å². The van der Waals surface area contributed by atoms with E-state index in [0.717, 1.165) is 6.54 Å². The van der Waals surface area contributed by atoms with Crippen LogP contribution in [0.15, 0.2) is 36.4 Å². The van der Waals surface area contributed by atoms with Crippen LogP contribution in [-0.4, -0.2) is 13.2 Å². The third kappa shape index (κ3) is 2.46. The summed E-state index contributed by atoms with van der Waals surface area (Å²) in [5.74, 6) is 0. The summed E-state index contributed by atoms with van der Waals surface area (Å²) in [6.07, 6.45) is 7.77. The molecule has 0 saturated carbocycles. The maximum Gasteiger partial charge on any atom is 0.0454 e. The van der Waals surface area contributed by atoms with Gasteiger partial charge in [-0.1, -0.05) is 36.4 Å². The van der Waals surface area contributed by atoms with Crippen molar-refractivity contribution in [2.75, 3.05) is 18.5 Å². The molecule has 2 aromatic rings. The molecular weight excluding hydrogens is 285 g/mol. The second-order valence-electron chi connectivity index (χ2n) is 6.52. The van der Waals surface area contributed by atoms with Gasteiger partial charge in [-0.3, -0.25) is 0 Å². The monoisotopic (exact) mass is 309 g/mol. The Kier molecular flexibility index (Phi) is 3.92. The highest BCUT2D eigenvalue weighted by atomic mass is 31.1. The fraction of sp³-hybridized carbons (Fsp3) is 0.400. The lowest BCUT2D eigenvalue weighted by molar-refractivity contribution is 0.688. The molecule has 0 aromatic heterocycles. The average Bonchev–Trinajstić information content (AvgIpc) is 2.60. The van der Waals surface area contributed by atoms with E-state index in [1.807, 2.05) is 0 Å². The molecule has 0 saturated heterocycles. The molecule has 0 fully saturated rings. The second-order valence-corrected chi connectivity index (χ2v) is 8.60. The summed E-state index contributed by atoms with van der Waals surface area (Å²) in [7, 11) is -0.263. The van der Waals surface area contributed by atoms with Crippen molar-refractivity contribution in [2.24, 2.45) is 0 Å². The van der Waals surface area contributed by atoms with E-state index < -0.39 is 0 Å². The molecule has 2 aliphatic rings. The molecule has 1 aliphatic carbocycles. The zero-order valence-corrected chi connectivity index (χ0v) is 14.3. The quantitative estimate of drug-likeness (QED) is 0.827. The molecule has 1 nitrogen and oxygen atoms in total. The molecule has 1 aliphatic heterocycles. The van der Waals surface area contributed by atoms with Crippen LogP contribution in [0.1, 0.15) is 36.0 Å². The van der Waals surface area contributed by atoms with Crippen molar-refractivity contribution in [2.45, 2.75) is 38.5 Å². The summed E-state index contributed by atoms with van der Waals surface area (Å²) in [5, 5.41) is 6.84. The number of rotatable bonds is 2. The van der Waals surface area contributed by atoms with Crippen LogP contribution in [-0.2, 0) is 19.3 Å². The van der Waals surface area contributed by atoms with E-state index in [0.29, 0.717) is 0 Å². The highest BCUT2D eigenvalue weighted by Gasteiger charge is 2.21. The van der Waals surface area contributed by atoms with Crippen molar-refractivity contribution in [3.63, 3.8) is 0 Å². The minimum atomic E-state index is -0.263. The smallest absolute Gasteiger partial charge is 0.0454 e. The molecule has 1 atom stereocenters. The van der Waals surface area contributed by atoms with E-state index in [1.165, 1.54) is 49.8 Å². The van der Waals surface area contributed by atoms with Crippen LogP contribution in [0.3, 0.4) is 0 Å². The molecule has 0 spiro atoms. The van der Waals surface area contributed by atoms with Gasteiger partial charge in [-0.05, 0) is 75.1 Å². The van der Waals surface area contributed by atoms with Crippen molar-refractivity contribution < 1.29 is 0 Å². The van der Waals surface area contributed by atoms with Crippen LogP contribution in [0.5, 0.6) is 0 Å². The first kappa shape index (κ1) is 14.3. The number of anilines is 1. The number of para-hydroxylation sites is 1. The normalized spacial score (nSPS) is 18.0. The number of aryl methyl sites for hydroxylation is 2. The van der Waals surface area contributed by atoms with Crippen LogP contribution in [0.2, 0.25) is 0 Å². The molecule has 22 heavy (non-hydrogen) atoms. The van der Waals surface area contributed by atoms with Gasteiger partial charge >= 0.3 is 0 Å². The van der Waals surface area contributed by atoms with Gasteiger partial charge in [0.05, 0.1) is 0 Å². The predicted molar refractivity (Wildman–Crippen MR) is 98.4 cm³/mol. The summed E-state index contributed by atoms with van der Waals surface area (Å²) in [6, 6.07) is 13.9. The van der Waals surface area contributed by atoms with E-state index in [-0.39, 0.29) is 7.92 Å². The molecular formula is C20H24NP. The van der Waals surface area contributed by atoms with Gasteiger partial charge < -0.3 is 5.32 Å². The van der Waals surface area contributed by atoms with Crippen molar-refractivity contribution in [1.82, 2.24) is 0 Å². The standard InChI is InChI=1S/C20H24NP/c1-22(18-12-4-8-15-7-2-3-11-17(15)18)19-13-5-9-16-10-6-14-21-20(16)19/h4-5,8-9,12-13,21H,2-3,6-7,10-11,14H2,1H3. The zero-order valence-electron chi connectivity index (χ0n) is 13.4. The van der Waals surface area contributed by atoms with Crippen molar-refractivity contribution in [3.05, 3.63) is 53.1 Å². The van der Waals surface area contributed by atoms with Gasteiger partial charge in [0, 0.05) is 17.5 Å². The Bertz CT molecular complexity index is 633. The van der Waals surface area contributed by atoms with Gasteiger partial charge in [-0.25, -0.2) is 0 Å². The van der Waals surface area contributed by atoms with E-state index in [2.05, 4.69) is 48.4 Å². The molecule has 2 aromatic carbocycles. The second kappa shape index (κ2) is 6.05. The maximum absolute atomic E-state index is 3.68. The topological polar surface area (TPSA) is 12.0 Å². The van der Waals surface area contributed by atoms with Crippen LogP contribution in [0.4, 0.5) is 5.69 Å². The highest BCUT2D eigenvalue weighted by Crippen LogP contribution is 2.37.